The molecule has 1 aromatic rings. The molecule has 2 rings (SSSR count). The fourth-order valence-corrected chi connectivity index (χ4v) is 3.21. The topological polar surface area (TPSA) is 83.5 Å². The molecule has 1 aromatic carbocycles. The zero-order valence-electron chi connectivity index (χ0n) is 19.5. The third-order valence-corrected chi connectivity index (χ3v) is 4.51. The maximum absolute atomic E-state index is 12.8. The number of rotatable bonds is 8. The summed E-state index contributed by atoms with van der Waals surface area (Å²) in [6.45, 7) is 13.3. The van der Waals surface area contributed by atoms with E-state index in [1.807, 2.05) is 41.5 Å². The van der Waals surface area contributed by atoms with Crippen molar-refractivity contribution in [2.45, 2.75) is 66.1 Å². The summed E-state index contributed by atoms with van der Waals surface area (Å²) in [5, 5.41) is 0. The van der Waals surface area contributed by atoms with Gasteiger partial charge in [0.1, 0.15) is 11.7 Å². The molecule has 1 fully saturated rings. The van der Waals surface area contributed by atoms with Crippen molar-refractivity contribution in [2.75, 3.05) is 32.9 Å². The van der Waals surface area contributed by atoms with Gasteiger partial charge in [-0.1, -0.05) is 0 Å². The molecule has 0 unspecified atom stereocenters. The number of nitrogens with zero attached hydrogens (tertiary/aromatic N) is 1. The van der Waals surface area contributed by atoms with Crippen molar-refractivity contribution in [3.05, 3.63) is 17.7 Å². The van der Waals surface area contributed by atoms with Gasteiger partial charge in [0.05, 0.1) is 25.4 Å². The van der Waals surface area contributed by atoms with Crippen LogP contribution in [0.1, 0.15) is 64.7 Å². The van der Waals surface area contributed by atoms with E-state index in [0.29, 0.717) is 68.6 Å². The first-order valence-corrected chi connectivity index (χ1v) is 10.9. The lowest BCUT2D eigenvalue weighted by Crippen LogP contribution is -2.43. The molecule has 8 heteroatoms. The SMILES string of the molecule is CCOc1cc(C(=O)OC2CCN(C(=O)OC(C)(C)C)CC2)cc(OCC)c1OCC. The zero-order valence-corrected chi connectivity index (χ0v) is 19.5. The molecule has 1 amide bonds. The average molecular weight is 438 g/mol. The number of esters is 1. The Bertz CT molecular complexity index is 722. The third-order valence-electron chi connectivity index (χ3n) is 4.51. The molecule has 0 aromatic heterocycles. The fraction of sp³-hybridized carbons (Fsp3) is 0.652. The number of carbonyl (C=O) groups is 2. The fourth-order valence-electron chi connectivity index (χ4n) is 3.21. The van der Waals surface area contributed by atoms with Crippen LogP contribution in [0.5, 0.6) is 17.2 Å². The van der Waals surface area contributed by atoms with E-state index in [4.69, 9.17) is 23.7 Å². The Kier molecular flexibility index (Phi) is 8.83. The number of amides is 1. The van der Waals surface area contributed by atoms with Crippen molar-refractivity contribution in [3.63, 3.8) is 0 Å². The first-order chi connectivity index (χ1) is 14.7. The van der Waals surface area contributed by atoms with E-state index in [9.17, 15) is 9.59 Å². The first-order valence-electron chi connectivity index (χ1n) is 10.9. The predicted molar refractivity (Wildman–Crippen MR) is 116 cm³/mol. The molecule has 0 bridgehead atoms. The van der Waals surface area contributed by atoms with Crippen molar-refractivity contribution < 1.29 is 33.3 Å². The summed E-state index contributed by atoms with van der Waals surface area (Å²) in [7, 11) is 0. The number of benzene rings is 1. The van der Waals surface area contributed by atoms with Gasteiger partial charge in [0, 0.05) is 25.9 Å². The molecule has 174 valence electrons. The lowest BCUT2D eigenvalue weighted by molar-refractivity contribution is -0.00345. The van der Waals surface area contributed by atoms with Gasteiger partial charge in [0.25, 0.3) is 0 Å². The van der Waals surface area contributed by atoms with Crippen LogP contribution < -0.4 is 14.2 Å². The molecular formula is C23H35NO7. The molecule has 0 radical (unpaired) electrons. The molecule has 0 atom stereocenters. The summed E-state index contributed by atoms with van der Waals surface area (Å²) < 4.78 is 28.1. The van der Waals surface area contributed by atoms with E-state index in [1.54, 1.807) is 17.0 Å². The lowest BCUT2D eigenvalue weighted by Gasteiger charge is -2.33. The van der Waals surface area contributed by atoms with Crippen LogP contribution in [0.25, 0.3) is 0 Å². The Morgan fingerprint density at radius 3 is 1.90 bits per heavy atom. The Morgan fingerprint density at radius 1 is 0.935 bits per heavy atom. The maximum Gasteiger partial charge on any atom is 0.410 e. The summed E-state index contributed by atoms with van der Waals surface area (Å²) in [6.07, 6.45) is 0.493. The highest BCUT2D eigenvalue weighted by Gasteiger charge is 2.29. The number of likely N-dealkylation sites (tertiary alicyclic amines) is 1. The third kappa shape index (κ3) is 7.22. The minimum atomic E-state index is -0.537. The van der Waals surface area contributed by atoms with Crippen molar-refractivity contribution in [2.24, 2.45) is 0 Å². The van der Waals surface area contributed by atoms with Crippen molar-refractivity contribution in [1.82, 2.24) is 4.90 Å². The number of piperidine rings is 1. The van der Waals surface area contributed by atoms with E-state index >= 15 is 0 Å². The van der Waals surface area contributed by atoms with Gasteiger partial charge in [-0.05, 0) is 53.7 Å². The molecule has 0 saturated carbocycles. The van der Waals surface area contributed by atoms with E-state index in [-0.39, 0.29) is 12.2 Å². The van der Waals surface area contributed by atoms with Gasteiger partial charge >= 0.3 is 12.1 Å². The van der Waals surface area contributed by atoms with E-state index in [0.717, 1.165) is 0 Å². The first kappa shape index (κ1) is 24.6. The normalized spacial score (nSPS) is 14.7. The largest absolute Gasteiger partial charge is 0.490 e. The number of hydrogen-bond acceptors (Lipinski definition) is 7. The van der Waals surface area contributed by atoms with Gasteiger partial charge in [0.15, 0.2) is 11.5 Å². The lowest BCUT2D eigenvalue weighted by atomic mass is 10.1. The number of ether oxygens (including phenoxy) is 5. The van der Waals surface area contributed by atoms with Gasteiger partial charge in [0.2, 0.25) is 5.75 Å². The van der Waals surface area contributed by atoms with E-state index < -0.39 is 11.6 Å². The van der Waals surface area contributed by atoms with Crippen LogP contribution in [0.3, 0.4) is 0 Å². The van der Waals surface area contributed by atoms with Crippen molar-refractivity contribution in [1.29, 1.82) is 0 Å². The van der Waals surface area contributed by atoms with E-state index in [2.05, 4.69) is 0 Å². The predicted octanol–water partition coefficient (Wildman–Crippen LogP) is 4.44. The molecule has 0 aliphatic carbocycles. The Balaban J connectivity index is 2.06. The minimum absolute atomic E-state index is 0.274. The molecule has 1 saturated heterocycles. The second-order valence-electron chi connectivity index (χ2n) is 8.17. The van der Waals surface area contributed by atoms with Crippen LogP contribution in [0.15, 0.2) is 12.1 Å². The van der Waals surface area contributed by atoms with Crippen molar-refractivity contribution >= 4 is 12.1 Å². The van der Waals surface area contributed by atoms with Crippen LogP contribution in [0.2, 0.25) is 0 Å². The van der Waals surface area contributed by atoms with Crippen LogP contribution in [-0.4, -0.2) is 61.6 Å². The summed E-state index contributed by atoms with van der Waals surface area (Å²) >= 11 is 0. The number of carbonyl (C=O) groups excluding carboxylic acids is 2. The Labute approximate surface area is 184 Å². The molecule has 1 aliphatic rings. The van der Waals surface area contributed by atoms with Crippen molar-refractivity contribution in [3.8, 4) is 17.2 Å². The average Bonchev–Trinajstić information content (AvgIpc) is 2.69. The Morgan fingerprint density at radius 2 is 1.45 bits per heavy atom. The second-order valence-corrected chi connectivity index (χ2v) is 8.17. The summed E-state index contributed by atoms with van der Waals surface area (Å²) in [6, 6.07) is 3.24. The highest BCUT2D eigenvalue weighted by atomic mass is 16.6. The molecule has 0 N–H and O–H groups in total. The molecule has 1 heterocycles. The highest BCUT2D eigenvalue weighted by Crippen LogP contribution is 2.39. The summed E-state index contributed by atoms with van der Waals surface area (Å²) in [5.74, 6) is 0.915. The van der Waals surface area contributed by atoms with Crippen LogP contribution in [0, 0.1) is 0 Å². The summed E-state index contributed by atoms with van der Waals surface area (Å²) in [5.41, 5.74) is -0.199. The maximum atomic E-state index is 12.8. The van der Waals surface area contributed by atoms with Gasteiger partial charge < -0.3 is 28.6 Å². The quantitative estimate of drug-likeness (QED) is 0.556. The molecule has 0 spiro atoms. The standard InChI is InChI=1S/C23H35NO7/c1-7-27-18-14-16(15-19(28-8-2)20(18)29-9-3)21(25)30-17-10-12-24(13-11-17)22(26)31-23(4,5)6/h14-15,17H,7-13H2,1-6H3. The van der Waals surface area contributed by atoms with E-state index in [1.165, 1.54) is 0 Å². The molecule has 1 aliphatic heterocycles. The van der Waals surface area contributed by atoms with Crippen LogP contribution in [-0.2, 0) is 9.47 Å². The molecule has 8 nitrogen and oxygen atoms in total. The zero-order chi connectivity index (χ0) is 23.0. The van der Waals surface area contributed by atoms with Gasteiger partial charge in [-0.25, -0.2) is 9.59 Å². The molecular weight excluding hydrogens is 402 g/mol. The Hall–Kier alpha value is -2.64. The van der Waals surface area contributed by atoms with Gasteiger partial charge in [-0.3, -0.25) is 0 Å². The number of hydrogen-bond donors (Lipinski definition) is 0. The highest BCUT2D eigenvalue weighted by molar-refractivity contribution is 5.91. The van der Waals surface area contributed by atoms with Gasteiger partial charge in [-0.2, -0.15) is 0 Å². The van der Waals surface area contributed by atoms with Crippen LogP contribution >= 0.6 is 0 Å². The summed E-state index contributed by atoms with van der Waals surface area (Å²) in [4.78, 5) is 26.7. The van der Waals surface area contributed by atoms with Gasteiger partial charge in [-0.15, -0.1) is 0 Å². The second kappa shape index (κ2) is 11.1. The van der Waals surface area contributed by atoms with Crippen LogP contribution in [0.4, 0.5) is 4.79 Å². The molecule has 31 heavy (non-hydrogen) atoms. The monoisotopic (exact) mass is 437 g/mol. The minimum Gasteiger partial charge on any atom is -0.490 e. The smallest absolute Gasteiger partial charge is 0.410 e.